The van der Waals surface area contributed by atoms with Crippen LogP contribution in [0.3, 0.4) is 0 Å². The summed E-state index contributed by atoms with van der Waals surface area (Å²) in [7, 11) is 0. The Labute approximate surface area is 94.5 Å². The molecule has 0 atom stereocenters. The summed E-state index contributed by atoms with van der Waals surface area (Å²) in [5, 5.41) is 0. The van der Waals surface area contributed by atoms with Crippen molar-refractivity contribution in [1.82, 2.24) is 4.98 Å². The van der Waals surface area contributed by atoms with E-state index in [2.05, 4.69) is 4.98 Å². The van der Waals surface area contributed by atoms with Gasteiger partial charge in [-0.3, -0.25) is 4.79 Å². The zero-order chi connectivity index (χ0) is 11.7. The van der Waals surface area contributed by atoms with E-state index >= 15 is 0 Å². The molecule has 0 unspecified atom stereocenters. The van der Waals surface area contributed by atoms with Crippen LogP contribution >= 0.6 is 0 Å². The van der Waals surface area contributed by atoms with Gasteiger partial charge in [0.1, 0.15) is 5.52 Å². The van der Waals surface area contributed by atoms with Crippen LogP contribution in [0.25, 0.3) is 11.1 Å². The summed E-state index contributed by atoms with van der Waals surface area (Å²) in [4.78, 5) is 15.9. The number of fused-ring (bicyclic) bond motifs is 1. The first-order valence-electron chi connectivity index (χ1n) is 5.55. The largest absolute Gasteiger partial charge is 0.440 e. The maximum absolute atomic E-state index is 11.5. The lowest BCUT2D eigenvalue weighted by Gasteiger charge is -1.95. The second-order valence-corrected chi connectivity index (χ2v) is 4.17. The summed E-state index contributed by atoms with van der Waals surface area (Å²) in [5.41, 5.74) is 2.22. The molecule has 0 spiro atoms. The Morgan fingerprint density at radius 1 is 1.44 bits per heavy atom. The predicted molar refractivity (Wildman–Crippen MR) is 62.7 cm³/mol. The Morgan fingerprint density at radius 3 is 2.81 bits per heavy atom. The van der Waals surface area contributed by atoms with Crippen LogP contribution in [0.1, 0.15) is 49.4 Å². The van der Waals surface area contributed by atoms with E-state index in [9.17, 15) is 4.79 Å². The molecule has 0 N–H and O–H groups in total. The average Bonchev–Trinajstić information content (AvgIpc) is 2.70. The zero-order valence-electron chi connectivity index (χ0n) is 9.78. The fourth-order valence-corrected chi connectivity index (χ4v) is 1.57. The first kappa shape index (κ1) is 10.9. The van der Waals surface area contributed by atoms with E-state index in [1.807, 2.05) is 26.8 Å². The third kappa shape index (κ3) is 1.85. The van der Waals surface area contributed by atoms with E-state index in [-0.39, 0.29) is 11.7 Å². The van der Waals surface area contributed by atoms with Gasteiger partial charge in [-0.2, -0.15) is 0 Å². The molecule has 3 nitrogen and oxygen atoms in total. The number of carbonyl (C=O) groups excluding carboxylic acids is 1. The Kier molecular flexibility index (Phi) is 2.77. The quantitative estimate of drug-likeness (QED) is 0.738. The smallest absolute Gasteiger partial charge is 0.198 e. The summed E-state index contributed by atoms with van der Waals surface area (Å²) in [5.74, 6) is 1.12. The highest BCUT2D eigenvalue weighted by Crippen LogP contribution is 2.22. The molecular formula is C13H15NO2. The van der Waals surface area contributed by atoms with E-state index in [1.54, 1.807) is 12.1 Å². The molecular weight excluding hydrogens is 202 g/mol. The van der Waals surface area contributed by atoms with E-state index in [4.69, 9.17) is 4.42 Å². The summed E-state index contributed by atoms with van der Waals surface area (Å²) < 4.78 is 5.58. The van der Waals surface area contributed by atoms with E-state index in [0.29, 0.717) is 12.0 Å². The molecule has 2 aromatic rings. The van der Waals surface area contributed by atoms with Crippen LogP contribution in [0.5, 0.6) is 0 Å². The van der Waals surface area contributed by atoms with Gasteiger partial charge in [0, 0.05) is 17.9 Å². The number of hydrogen-bond acceptors (Lipinski definition) is 3. The van der Waals surface area contributed by atoms with Gasteiger partial charge in [0.15, 0.2) is 17.3 Å². The molecule has 0 saturated carbocycles. The van der Waals surface area contributed by atoms with Crippen molar-refractivity contribution in [2.75, 3.05) is 0 Å². The van der Waals surface area contributed by atoms with Gasteiger partial charge in [0.05, 0.1) is 0 Å². The number of nitrogens with zero attached hydrogens (tertiary/aromatic N) is 1. The van der Waals surface area contributed by atoms with Gasteiger partial charge in [0.2, 0.25) is 0 Å². The minimum absolute atomic E-state index is 0.135. The molecule has 0 bridgehead atoms. The fourth-order valence-electron chi connectivity index (χ4n) is 1.57. The van der Waals surface area contributed by atoms with Gasteiger partial charge in [-0.1, -0.05) is 20.8 Å². The molecule has 1 aromatic heterocycles. The first-order valence-corrected chi connectivity index (χ1v) is 5.55. The molecule has 2 rings (SSSR count). The lowest BCUT2D eigenvalue weighted by atomic mass is 10.1. The van der Waals surface area contributed by atoms with Crippen LogP contribution in [-0.2, 0) is 0 Å². The average molecular weight is 217 g/mol. The second kappa shape index (κ2) is 4.08. The number of carbonyl (C=O) groups is 1. The van der Waals surface area contributed by atoms with Crippen LogP contribution in [0.15, 0.2) is 22.6 Å². The van der Waals surface area contributed by atoms with E-state index in [0.717, 1.165) is 17.0 Å². The Morgan fingerprint density at radius 2 is 2.19 bits per heavy atom. The summed E-state index contributed by atoms with van der Waals surface area (Å²) in [6.07, 6.45) is 0.514. The number of Topliss-reactive ketones (excluding diaryl/α,β-unsaturated/α-hetero) is 1. The van der Waals surface area contributed by atoms with Crippen molar-refractivity contribution in [2.24, 2.45) is 0 Å². The van der Waals surface area contributed by atoms with Gasteiger partial charge < -0.3 is 4.42 Å². The van der Waals surface area contributed by atoms with Gasteiger partial charge in [-0.05, 0) is 18.2 Å². The predicted octanol–water partition coefficient (Wildman–Crippen LogP) is 3.54. The van der Waals surface area contributed by atoms with E-state index in [1.165, 1.54) is 0 Å². The first-order chi connectivity index (χ1) is 7.61. The van der Waals surface area contributed by atoms with Gasteiger partial charge in [-0.15, -0.1) is 0 Å². The summed E-state index contributed by atoms with van der Waals surface area (Å²) in [6.45, 7) is 5.92. The lowest BCUT2D eigenvalue weighted by molar-refractivity contribution is 0.0988. The van der Waals surface area contributed by atoms with Crippen molar-refractivity contribution in [3.63, 3.8) is 0 Å². The third-order valence-corrected chi connectivity index (χ3v) is 2.54. The van der Waals surface area contributed by atoms with Crippen molar-refractivity contribution < 1.29 is 9.21 Å². The zero-order valence-corrected chi connectivity index (χ0v) is 9.78. The molecule has 3 heteroatoms. The van der Waals surface area contributed by atoms with E-state index < -0.39 is 0 Å². The van der Waals surface area contributed by atoms with Crippen molar-refractivity contribution in [3.8, 4) is 0 Å². The normalized spacial score (nSPS) is 11.2. The van der Waals surface area contributed by atoms with Crippen LogP contribution < -0.4 is 0 Å². The maximum Gasteiger partial charge on any atom is 0.198 e. The van der Waals surface area contributed by atoms with Gasteiger partial charge >= 0.3 is 0 Å². The molecule has 16 heavy (non-hydrogen) atoms. The topological polar surface area (TPSA) is 43.1 Å². The number of aromatic nitrogens is 1. The number of ketones is 1. The maximum atomic E-state index is 11.5. The second-order valence-electron chi connectivity index (χ2n) is 4.17. The highest BCUT2D eigenvalue weighted by atomic mass is 16.3. The Balaban J connectivity index is 2.49. The highest BCUT2D eigenvalue weighted by Gasteiger charge is 2.11. The Bertz CT molecular complexity index is 526. The molecule has 0 radical (unpaired) electrons. The minimum atomic E-state index is 0.135. The monoisotopic (exact) mass is 217 g/mol. The SMILES string of the molecule is CCC(=O)c1ccc2oc(C(C)C)nc2c1. The summed E-state index contributed by atoms with van der Waals surface area (Å²) in [6, 6.07) is 5.41. The van der Waals surface area contributed by atoms with Crippen LogP contribution in [0.4, 0.5) is 0 Å². The lowest BCUT2D eigenvalue weighted by Crippen LogP contribution is -1.95. The molecule has 0 saturated heterocycles. The van der Waals surface area contributed by atoms with Crippen molar-refractivity contribution in [1.29, 1.82) is 0 Å². The standard InChI is InChI=1S/C13H15NO2/c1-4-11(15)9-5-6-12-10(7-9)14-13(16-12)8(2)3/h5-8H,4H2,1-3H3. The van der Waals surface area contributed by atoms with Crippen LogP contribution in [0.2, 0.25) is 0 Å². The van der Waals surface area contributed by atoms with Crippen molar-refractivity contribution >= 4 is 16.9 Å². The molecule has 0 fully saturated rings. The number of oxazole rings is 1. The molecule has 0 aliphatic rings. The molecule has 1 aromatic carbocycles. The fraction of sp³-hybridized carbons (Fsp3) is 0.385. The molecule has 0 amide bonds. The van der Waals surface area contributed by atoms with Gasteiger partial charge in [-0.25, -0.2) is 4.98 Å². The minimum Gasteiger partial charge on any atom is -0.440 e. The third-order valence-electron chi connectivity index (χ3n) is 2.54. The van der Waals surface area contributed by atoms with Crippen LogP contribution in [-0.4, -0.2) is 10.8 Å². The summed E-state index contributed by atoms with van der Waals surface area (Å²) >= 11 is 0. The number of rotatable bonds is 3. The molecule has 1 heterocycles. The van der Waals surface area contributed by atoms with Crippen molar-refractivity contribution in [2.45, 2.75) is 33.1 Å². The van der Waals surface area contributed by atoms with Crippen LogP contribution in [0, 0.1) is 0 Å². The highest BCUT2D eigenvalue weighted by molar-refractivity contribution is 5.98. The molecule has 0 aliphatic carbocycles. The van der Waals surface area contributed by atoms with Gasteiger partial charge in [0.25, 0.3) is 0 Å². The number of benzene rings is 1. The number of hydrogen-bond donors (Lipinski definition) is 0. The Hall–Kier alpha value is -1.64. The molecule has 0 aliphatic heterocycles. The van der Waals surface area contributed by atoms with Crippen molar-refractivity contribution in [3.05, 3.63) is 29.7 Å². The molecule has 84 valence electrons.